The van der Waals surface area contributed by atoms with Crippen LogP contribution in [-0.2, 0) is 18.9 Å². The van der Waals surface area contributed by atoms with E-state index in [-0.39, 0.29) is 13.2 Å². The zero-order valence-electron chi connectivity index (χ0n) is 12.3. The van der Waals surface area contributed by atoms with Gasteiger partial charge in [0.25, 0.3) is 0 Å². The van der Waals surface area contributed by atoms with Crippen LogP contribution in [0.2, 0.25) is 0 Å². The first-order valence-corrected chi connectivity index (χ1v) is 7.47. The molecule has 20 heavy (non-hydrogen) atoms. The van der Waals surface area contributed by atoms with Crippen LogP contribution >= 0.6 is 25.3 Å². The lowest BCUT2D eigenvalue weighted by molar-refractivity contribution is -0.00367. The van der Waals surface area contributed by atoms with E-state index in [1.165, 1.54) is 0 Å². The maximum absolute atomic E-state index is 8.09. The van der Waals surface area contributed by atoms with Crippen molar-refractivity contribution in [3.63, 3.8) is 0 Å². The van der Waals surface area contributed by atoms with Gasteiger partial charge in [-0.2, -0.15) is 0 Å². The van der Waals surface area contributed by atoms with Gasteiger partial charge in [0.15, 0.2) is 4.27 Å². The van der Waals surface area contributed by atoms with Crippen LogP contribution in [0.15, 0.2) is 0 Å². The average Bonchev–Trinajstić information content (AvgIpc) is 2.40. The van der Waals surface area contributed by atoms with Crippen molar-refractivity contribution in [2.75, 3.05) is 59.5 Å². The molecular weight excluding hydrogens is 304 g/mol. The van der Waals surface area contributed by atoms with Crippen LogP contribution in [-0.4, -0.2) is 73.9 Å². The van der Waals surface area contributed by atoms with Gasteiger partial charge in [-0.15, -0.1) is 25.3 Å². The molecule has 0 aromatic rings. The van der Waals surface area contributed by atoms with Crippen molar-refractivity contribution in [3.05, 3.63) is 0 Å². The number of ether oxygens (including phenoxy) is 4. The molecule has 0 aromatic heterocycles. The summed E-state index contributed by atoms with van der Waals surface area (Å²) in [6, 6.07) is 0. The molecule has 0 radical (unpaired) electrons. The lowest BCUT2D eigenvalue weighted by Crippen LogP contribution is -2.26. The second-order valence-electron chi connectivity index (χ2n) is 3.49. The smallest absolute Gasteiger partial charge is 0.178 e. The highest BCUT2D eigenvalue weighted by Gasteiger charge is 2.19. The third-order valence-corrected chi connectivity index (χ3v) is 2.23. The van der Waals surface area contributed by atoms with E-state index in [0.717, 1.165) is 0 Å². The Morgan fingerprint density at radius 3 is 1.80 bits per heavy atom. The Labute approximate surface area is 132 Å². The van der Waals surface area contributed by atoms with Gasteiger partial charge in [-0.1, -0.05) is 0 Å². The van der Waals surface area contributed by atoms with Crippen LogP contribution in [0.3, 0.4) is 0 Å². The Morgan fingerprint density at radius 1 is 0.800 bits per heavy atom. The maximum atomic E-state index is 8.09. The first-order chi connectivity index (χ1) is 9.54. The van der Waals surface area contributed by atoms with E-state index >= 15 is 0 Å². The van der Waals surface area contributed by atoms with Gasteiger partial charge in [0.1, 0.15) is 0 Å². The summed E-state index contributed by atoms with van der Waals surface area (Å²) >= 11 is 8.34. The SMILES string of the molecule is CCOCCOCC(S)(S)OCC.OCCOCCO. The van der Waals surface area contributed by atoms with Crippen LogP contribution in [0.5, 0.6) is 0 Å². The predicted octanol–water partition coefficient (Wildman–Crippen LogP) is 0.577. The molecular formula is C12H28O6S2. The molecule has 0 saturated carbocycles. The van der Waals surface area contributed by atoms with E-state index in [2.05, 4.69) is 30.0 Å². The molecule has 0 saturated heterocycles. The molecule has 0 spiro atoms. The van der Waals surface area contributed by atoms with E-state index in [4.69, 9.17) is 24.4 Å². The summed E-state index contributed by atoms with van der Waals surface area (Å²) in [7, 11) is 0. The van der Waals surface area contributed by atoms with E-state index in [9.17, 15) is 0 Å². The van der Waals surface area contributed by atoms with Crippen LogP contribution in [0.1, 0.15) is 13.8 Å². The van der Waals surface area contributed by atoms with E-state index in [1.54, 1.807) is 0 Å². The molecule has 2 N–H and O–H groups in total. The molecule has 0 aromatic carbocycles. The molecule has 6 nitrogen and oxygen atoms in total. The van der Waals surface area contributed by atoms with E-state index in [1.807, 2.05) is 13.8 Å². The average molecular weight is 332 g/mol. The fourth-order valence-corrected chi connectivity index (χ4v) is 1.41. The van der Waals surface area contributed by atoms with Crippen LogP contribution in [0, 0.1) is 0 Å². The number of hydrogen-bond acceptors (Lipinski definition) is 8. The lowest BCUT2D eigenvalue weighted by atomic mass is 10.7. The fourth-order valence-electron chi connectivity index (χ4n) is 0.971. The first kappa shape index (κ1) is 22.7. The molecule has 0 atom stereocenters. The fraction of sp³-hybridized carbons (Fsp3) is 1.00. The molecule has 0 amide bonds. The summed E-state index contributed by atoms with van der Waals surface area (Å²) < 4.78 is 19.4. The van der Waals surface area contributed by atoms with E-state index in [0.29, 0.717) is 46.2 Å². The lowest BCUT2D eigenvalue weighted by Gasteiger charge is -2.21. The highest BCUT2D eigenvalue weighted by Crippen LogP contribution is 2.21. The minimum atomic E-state index is -0.791. The number of rotatable bonds is 12. The number of thiol groups is 2. The van der Waals surface area contributed by atoms with Crippen LogP contribution < -0.4 is 0 Å². The third-order valence-electron chi connectivity index (χ3n) is 1.71. The first-order valence-electron chi connectivity index (χ1n) is 6.57. The highest BCUT2D eigenvalue weighted by molar-refractivity contribution is 8.00. The Bertz CT molecular complexity index is 179. The third kappa shape index (κ3) is 20.8. The second kappa shape index (κ2) is 17.5. The van der Waals surface area contributed by atoms with Gasteiger partial charge in [0.2, 0.25) is 0 Å². The van der Waals surface area contributed by atoms with E-state index < -0.39 is 4.27 Å². The molecule has 124 valence electrons. The molecule has 8 heteroatoms. The van der Waals surface area contributed by atoms with Crippen molar-refractivity contribution in [2.45, 2.75) is 18.1 Å². The molecule has 0 bridgehead atoms. The van der Waals surface area contributed by atoms with Crippen molar-refractivity contribution < 1.29 is 29.2 Å². The maximum Gasteiger partial charge on any atom is 0.178 e. The van der Waals surface area contributed by atoms with Crippen molar-refractivity contribution in [3.8, 4) is 0 Å². The van der Waals surface area contributed by atoms with Gasteiger partial charge < -0.3 is 29.2 Å². The van der Waals surface area contributed by atoms with Gasteiger partial charge in [0, 0.05) is 13.2 Å². The Hall–Kier alpha value is 0.460. The summed E-state index contributed by atoms with van der Waals surface area (Å²) in [4.78, 5) is 0. The normalized spacial score (nSPS) is 11.1. The monoisotopic (exact) mass is 332 g/mol. The van der Waals surface area contributed by atoms with Crippen LogP contribution in [0.25, 0.3) is 0 Å². The zero-order valence-corrected chi connectivity index (χ0v) is 14.1. The van der Waals surface area contributed by atoms with Crippen LogP contribution in [0.4, 0.5) is 0 Å². The number of aliphatic hydroxyl groups excluding tert-OH is 2. The van der Waals surface area contributed by atoms with Gasteiger partial charge in [-0.25, -0.2) is 0 Å². The van der Waals surface area contributed by atoms with Gasteiger partial charge in [-0.05, 0) is 13.8 Å². The van der Waals surface area contributed by atoms with Crippen molar-refractivity contribution in [2.24, 2.45) is 0 Å². The van der Waals surface area contributed by atoms with Crippen molar-refractivity contribution in [1.82, 2.24) is 0 Å². The summed E-state index contributed by atoms with van der Waals surface area (Å²) in [5, 5.41) is 16.2. The Morgan fingerprint density at radius 2 is 1.35 bits per heavy atom. The predicted molar refractivity (Wildman–Crippen MR) is 84.6 cm³/mol. The quantitative estimate of drug-likeness (QED) is 0.238. The molecule has 0 heterocycles. The Kier molecular flexibility index (Phi) is 19.9. The summed E-state index contributed by atoms with van der Waals surface area (Å²) in [5.74, 6) is 0. The number of aliphatic hydroxyl groups is 2. The Balaban J connectivity index is 0. The minimum absolute atomic E-state index is 0.0278. The second-order valence-corrected chi connectivity index (χ2v) is 5.28. The molecule has 0 fully saturated rings. The minimum Gasteiger partial charge on any atom is -0.394 e. The molecule has 0 unspecified atom stereocenters. The largest absolute Gasteiger partial charge is 0.394 e. The standard InChI is InChI=1S/C8H18O3S2.C4H10O3/c1-3-9-5-6-10-7-8(12,13)11-4-2;5-1-3-7-4-2-6/h12-13H,3-7H2,1-2H3;5-6H,1-4H2. The summed E-state index contributed by atoms with van der Waals surface area (Å²) in [6.45, 7) is 7.30. The van der Waals surface area contributed by atoms with Crippen molar-refractivity contribution in [1.29, 1.82) is 0 Å². The van der Waals surface area contributed by atoms with Gasteiger partial charge in [0.05, 0.1) is 46.2 Å². The zero-order chi connectivity index (χ0) is 15.7. The van der Waals surface area contributed by atoms with Crippen molar-refractivity contribution >= 4 is 25.3 Å². The number of hydrogen-bond donors (Lipinski definition) is 4. The molecule has 0 aliphatic rings. The van der Waals surface area contributed by atoms with Gasteiger partial charge >= 0.3 is 0 Å². The van der Waals surface area contributed by atoms with Gasteiger partial charge in [-0.3, -0.25) is 0 Å². The molecule has 0 rings (SSSR count). The highest BCUT2D eigenvalue weighted by atomic mass is 32.2. The summed E-state index contributed by atoms with van der Waals surface area (Å²) in [5.41, 5.74) is 0. The molecule has 0 aliphatic carbocycles. The summed E-state index contributed by atoms with van der Waals surface area (Å²) in [6.07, 6.45) is 0. The molecule has 0 aliphatic heterocycles. The topological polar surface area (TPSA) is 77.4 Å².